The number of nitrogens with one attached hydrogen (secondary N) is 1. The molecule has 4 rings (SSSR count). The molecule has 0 spiro atoms. The molecule has 3 aromatic rings. The highest BCUT2D eigenvalue weighted by Crippen LogP contribution is 2.48. The Balaban J connectivity index is 0.00000342. The van der Waals surface area contributed by atoms with Crippen molar-refractivity contribution in [3.05, 3.63) is 71.3 Å². The van der Waals surface area contributed by atoms with Crippen molar-refractivity contribution in [3.8, 4) is 28.7 Å². The number of amides is 1. The molecule has 1 aliphatic rings. The van der Waals surface area contributed by atoms with Crippen LogP contribution in [0.1, 0.15) is 40.2 Å². The number of benzene rings is 3. The summed E-state index contributed by atoms with van der Waals surface area (Å²) in [5.41, 5.74) is 8.97. The third-order valence-corrected chi connectivity index (χ3v) is 5.82. The average Bonchev–Trinajstić information content (AvgIpc) is 3.70. The molecule has 0 radical (unpaired) electrons. The normalized spacial score (nSPS) is 12.3. The quantitative estimate of drug-likeness (QED) is 0.380. The number of halogens is 1. The SMILES string of the molecule is COc1c(Oc2ccc(CCN)cc2)cc(C(=O)Nc2ccccc2C2CC2)c(OC)c1OC.Cl. The molecule has 8 heteroatoms. The van der Waals surface area contributed by atoms with Gasteiger partial charge in [-0.05, 0) is 61.1 Å². The molecule has 3 aromatic carbocycles. The zero-order valence-electron chi connectivity index (χ0n) is 20.1. The Bertz CT molecular complexity index is 1160. The second kappa shape index (κ2) is 11.8. The van der Waals surface area contributed by atoms with E-state index in [0.717, 1.165) is 36.1 Å². The van der Waals surface area contributed by atoms with Crippen LogP contribution in [-0.2, 0) is 6.42 Å². The van der Waals surface area contributed by atoms with E-state index in [1.165, 1.54) is 21.3 Å². The molecule has 35 heavy (non-hydrogen) atoms. The third kappa shape index (κ3) is 5.81. The molecular weight excluding hydrogens is 468 g/mol. The fourth-order valence-electron chi connectivity index (χ4n) is 3.99. The van der Waals surface area contributed by atoms with Gasteiger partial charge in [0.25, 0.3) is 5.91 Å². The largest absolute Gasteiger partial charge is 0.492 e. The van der Waals surface area contributed by atoms with Gasteiger partial charge in [-0.1, -0.05) is 30.3 Å². The smallest absolute Gasteiger partial charge is 0.259 e. The lowest BCUT2D eigenvalue weighted by atomic mass is 10.1. The lowest BCUT2D eigenvalue weighted by Crippen LogP contribution is -2.15. The predicted molar refractivity (Wildman–Crippen MR) is 139 cm³/mol. The Kier molecular flexibility index (Phi) is 8.84. The Morgan fingerprint density at radius 3 is 2.20 bits per heavy atom. The van der Waals surface area contributed by atoms with Crippen molar-refractivity contribution < 1.29 is 23.7 Å². The predicted octanol–water partition coefficient (Wildman–Crippen LogP) is 5.56. The van der Waals surface area contributed by atoms with Crippen molar-refractivity contribution in [1.82, 2.24) is 0 Å². The monoisotopic (exact) mass is 498 g/mol. The maximum absolute atomic E-state index is 13.4. The first kappa shape index (κ1) is 26.2. The number of hydrogen-bond acceptors (Lipinski definition) is 6. The molecule has 0 aliphatic heterocycles. The molecule has 1 amide bonds. The molecule has 7 nitrogen and oxygen atoms in total. The highest BCUT2D eigenvalue weighted by molar-refractivity contribution is 6.08. The van der Waals surface area contributed by atoms with E-state index in [0.29, 0.717) is 29.7 Å². The van der Waals surface area contributed by atoms with Gasteiger partial charge in [0.15, 0.2) is 11.5 Å². The minimum atomic E-state index is -0.325. The van der Waals surface area contributed by atoms with Gasteiger partial charge >= 0.3 is 0 Å². The van der Waals surface area contributed by atoms with Gasteiger partial charge in [-0.3, -0.25) is 4.79 Å². The second-order valence-corrected chi connectivity index (χ2v) is 8.12. The van der Waals surface area contributed by atoms with Crippen LogP contribution in [0.2, 0.25) is 0 Å². The van der Waals surface area contributed by atoms with E-state index in [1.54, 1.807) is 6.07 Å². The summed E-state index contributed by atoms with van der Waals surface area (Å²) in [7, 11) is 4.50. The molecule has 3 N–H and O–H groups in total. The Labute approximate surface area is 211 Å². The van der Waals surface area contributed by atoms with Crippen molar-refractivity contribution >= 4 is 24.0 Å². The number of nitrogens with two attached hydrogens (primary N) is 1. The van der Waals surface area contributed by atoms with Crippen LogP contribution < -0.4 is 30.0 Å². The molecule has 0 atom stereocenters. The lowest BCUT2D eigenvalue weighted by Gasteiger charge is -2.19. The van der Waals surface area contributed by atoms with Crippen molar-refractivity contribution in [2.75, 3.05) is 33.2 Å². The first-order valence-electron chi connectivity index (χ1n) is 11.3. The molecule has 0 aromatic heterocycles. The van der Waals surface area contributed by atoms with E-state index < -0.39 is 0 Å². The van der Waals surface area contributed by atoms with E-state index in [9.17, 15) is 4.79 Å². The van der Waals surface area contributed by atoms with Crippen LogP contribution >= 0.6 is 12.4 Å². The number of para-hydroxylation sites is 1. The summed E-state index contributed by atoms with van der Waals surface area (Å²) in [6.07, 6.45) is 3.05. The van der Waals surface area contributed by atoms with Crippen LogP contribution in [0.5, 0.6) is 28.7 Å². The standard InChI is InChI=1S/C27H30N2O5.ClH/c1-31-24-21(27(30)29-22-7-5-4-6-20(22)18-10-11-18)16-23(25(32-2)26(24)33-3)34-19-12-8-17(9-13-19)14-15-28;/h4-9,12-13,16,18H,10-11,14-15,28H2,1-3H3,(H,29,30);1H. The van der Waals surface area contributed by atoms with Gasteiger partial charge in [-0.15, -0.1) is 12.4 Å². The van der Waals surface area contributed by atoms with Crippen LogP contribution in [0.15, 0.2) is 54.6 Å². The van der Waals surface area contributed by atoms with Gasteiger partial charge in [0.1, 0.15) is 5.75 Å². The van der Waals surface area contributed by atoms with Gasteiger partial charge in [-0.2, -0.15) is 0 Å². The van der Waals surface area contributed by atoms with Crippen molar-refractivity contribution in [2.24, 2.45) is 5.73 Å². The van der Waals surface area contributed by atoms with Crippen LogP contribution in [0.4, 0.5) is 5.69 Å². The molecule has 1 saturated carbocycles. The number of carbonyl (C=O) groups excluding carboxylic acids is 1. The van der Waals surface area contributed by atoms with Gasteiger partial charge in [0.2, 0.25) is 11.5 Å². The topological polar surface area (TPSA) is 92.0 Å². The van der Waals surface area contributed by atoms with Crippen LogP contribution in [0.25, 0.3) is 0 Å². The highest BCUT2D eigenvalue weighted by Gasteiger charge is 2.29. The molecule has 1 fully saturated rings. The second-order valence-electron chi connectivity index (χ2n) is 8.12. The molecule has 0 unspecified atom stereocenters. The summed E-state index contributed by atoms with van der Waals surface area (Å²) in [6, 6.07) is 17.1. The van der Waals surface area contributed by atoms with Crippen molar-refractivity contribution in [2.45, 2.75) is 25.2 Å². The average molecular weight is 499 g/mol. The molecular formula is C27H31ClN2O5. The fraction of sp³-hybridized carbons (Fsp3) is 0.296. The van der Waals surface area contributed by atoms with Gasteiger partial charge in [-0.25, -0.2) is 0 Å². The molecule has 0 heterocycles. The number of rotatable bonds is 10. The fourth-order valence-corrected chi connectivity index (χ4v) is 3.99. The Morgan fingerprint density at radius 2 is 1.60 bits per heavy atom. The zero-order chi connectivity index (χ0) is 24.1. The van der Waals surface area contributed by atoms with Crippen LogP contribution in [0, 0.1) is 0 Å². The van der Waals surface area contributed by atoms with Crippen molar-refractivity contribution in [3.63, 3.8) is 0 Å². The molecule has 0 saturated heterocycles. The third-order valence-electron chi connectivity index (χ3n) is 5.82. The lowest BCUT2D eigenvalue weighted by molar-refractivity contribution is 0.102. The summed E-state index contributed by atoms with van der Waals surface area (Å²) in [4.78, 5) is 13.4. The van der Waals surface area contributed by atoms with Gasteiger partial charge in [0.05, 0.1) is 26.9 Å². The minimum absolute atomic E-state index is 0. The first-order valence-corrected chi connectivity index (χ1v) is 11.3. The van der Waals surface area contributed by atoms with Crippen LogP contribution in [0.3, 0.4) is 0 Å². The number of carbonyl (C=O) groups is 1. The van der Waals surface area contributed by atoms with Crippen LogP contribution in [-0.4, -0.2) is 33.8 Å². The van der Waals surface area contributed by atoms with E-state index >= 15 is 0 Å². The van der Waals surface area contributed by atoms with E-state index in [2.05, 4.69) is 11.4 Å². The summed E-state index contributed by atoms with van der Waals surface area (Å²) < 4.78 is 22.8. The van der Waals surface area contributed by atoms with Gasteiger partial charge in [0, 0.05) is 11.8 Å². The number of anilines is 1. The number of hydrogen-bond donors (Lipinski definition) is 2. The first-order chi connectivity index (χ1) is 16.6. The molecule has 186 valence electrons. The molecule has 0 bridgehead atoms. The van der Waals surface area contributed by atoms with Crippen molar-refractivity contribution in [1.29, 1.82) is 0 Å². The Hall–Kier alpha value is -3.42. The highest BCUT2D eigenvalue weighted by atomic mass is 35.5. The minimum Gasteiger partial charge on any atom is -0.492 e. The van der Waals surface area contributed by atoms with E-state index in [1.807, 2.05) is 42.5 Å². The number of ether oxygens (including phenoxy) is 4. The maximum Gasteiger partial charge on any atom is 0.259 e. The van der Waals surface area contributed by atoms with E-state index in [-0.39, 0.29) is 35.4 Å². The summed E-state index contributed by atoms with van der Waals surface area (Å²) >= 11 is 0. The summed E-state index contributed by atoms with van der Waals surface area (Å²) in [5, 5.41) is 3.04. The zero-order valence-corrected chi connectivity index (χ0v) is 20.9. The summed E-state index contributed by atoms with van der Waals surface area (Å²) in [6.45, 7) is 0.575. The number of methoxy groups -OCH3 is 3. The van der Waals surface area contributed by atoms with E-state index in [4.69, 9.17) is 24.7 Å². The summed E-state index contributed by atoms with van der Waals surface area (Å²) in [5.74, 6) is 1.98. The maximum atomic E-state index is 13.4. The Morgan fingerprint density at radius 1 is 0.943 bits per heavy atom. The molecule has 1 aliphatic carbocycles. The van der Waals surface area contributed by atoms with Gasteiger partial charge < -0.3 is 30.0 Å².